The van der Waals surface area contributed by atoms with E-state index in [4.69, 9.17) is 17.2 Å². The Kier molecular flexibility index (Phi) is 2.09. The predicted octanol–water partition coefficient (Wildman–Crippen LogP) is -1.74. The quantitative estimate of drug-likeness (QED) is 0.496. The van der Waals surface area contributed by atoms with Crippen LogP contribution in [-0.2, 0) is 0 Å². The molecule has 7 heteroatoms. The summed E-state index contributed by atoms with van der Waals surface area (Å²) in [6, 6.07) is 1.08. The van der Waals surface area contributed by atoms with E-state index in [1.165, 1.54) is 0 Å². The molecule has 1 aromatic rings. The van der Waals surface area contributed by atoms with Gasteiger partial charge >= 0.3 is 0 Å². The summed E-state index contributed by atoms with van der Waals surface area (Å²) in [5.41, 5.74) is 14.8. The van der Waals surface area contributed by atoms with Gasteiger partial charge in [0.05, 0.1) is 0 Å². The van der Waals surface area contributed by atoms with E-state index in [1.807, 2.05) is 0 Å². The smallest absolute Gasteiger partial charge is 0.267 e. The predicted molar refractivity (Wildman–Crippen MR) is 43.5 cm³/mol. The minimum Gasteiger partial charge on any atom is -0.368 e. The van der Waals surface area contributed by atoms with Crippen molar-refractivity contribution in [3.05, 3.63) is 17.5 Å². The molecule has 0 aromatic carbocycles. The zero-order valence-corrected chi connectivity index (χ0v) is 6.52. The molecule has 7 nitrogen and oxygen atoms in total. The molecule has 0 unspecified atom stereocenters. The van der Waals surface area contributed by atoms with Crippen LogP contribution in [0.1, 0.15) is 21.0 Å². The van der Waals surface area contributed by atoms with Gasteiger partial charge in [-0.05, 0) is 0 Å². The van der Waals surface area contributed by atoms with Gasteiger partial charge in [-0.2, -0.15) is 0 Å². The van der Waals surface area contributed by atoms with Crippen molar-refractivity contribution in [3.63, 3.8) is 0 Å². The summed E-state index contributed by atoms with van der Waals surface area (Å²) < 4.78 is 0. The van der Waals surface area contributed by atoms with Crippen molar-refractivity contribution >= 4 is 17.8 Å². The maximum Gasteiger partial charge on any atom is 0.267 e. The van der Waals surface area contributed by atoms with Crippen LogP contribution in [0.15, 0.2) is 6.07 Å². The monoisotopic (exact) mass is 181 g/mol. The van der Waals surface area contributed by atoms with Crippen molar-refractivity contribution in [1.29, 1.82) is 0 Å². The second-order valence-electron chi connectivity index (χ2n) is 2.23. The lowest BCUT2D eigenvalue weighted by molar-refractivity contribution is 0.0995. The number of carbonyl (C=O) groups excluding carboxylic acids is 2. The van der Waals surface area contributed by atoms with Crippen LogP contribution >= 0.6 is 0 Å². The van der Waals surface area contributed by atoms with E-state index in [-0.39, 0.29) is 17.3 Å². The summed E-state index contributed by atoms with van der Waals surface area (Å²) in [6.45, 7) is 0. The Bertz CT molecular complexity index is 343. The molecule has 68 valence electrons. The zero-order valence-electron chi connectivity index (χ0n) is 6.52. The number of amides is 2. The van der Waals surface area contributed by atoms with E-state index < -0.39 is 11.8 Å². The number of carbonyl (C=O) groups is 2. The van der Waals surface area contributed by atoms with E-state index in [0.29, 0.717) is 0 Å². The first-order chi connectivity index (χ1) is 6.00. The summed E-state index contributed by atoms with van der Waals surface area (Å²) in [5.74, 6) is -1.81. The second kappa shape index (κ2) is 3.05. The Balaban J connectivity index is 3.26. The summed E-state index contributed by atoms with van der Waals surface area (Å²) in [6.07, 6.45) is 0. The Morgan fingerprint density at radius 2 is 1.46 bits per heavy atom. The minimum atomic E-state index is -0.795. The highest BCUT2D eigenvalue weighted by atomic mass is 16.1. The topological polar surface area (TPSA) is 138 Å². The number of primary amides is 2. The molecule has 0 aliphatic heterocycles. The molecule has 2 amide bonds. The molecule has 0 fully saturated rings. The van der Waals surface area contributed by atoms with Crippen LogP contribution in [0.3, 0.4) is 0 Å². The summed E-state index contributed by atoms with van der Waals surface area (Å²) in [4.78, 5) is 28.3. The lowest BCUT2D eigenvalue weighted by Crippen LogP contribution is -2.19. The van der Waals surface area contributed by atoms with Crippen LogP contribution in [0.5, 0.6) is 0 Å². The number of hydrogen-bond donors (Lipinski definition) is 3. The Labute approximate surface area is 72.9 Å². The number of nitrogens with zero attached hydrogens (tertiary/aromatic N) is 2. The molecule has 0 bridgehead atoms. The highest BCUT2D eigenvalue weighted by Crippen LogP contribution is 2.01. The fourth-order valence-corrected chi connectivity index (χ4v) is 0.718. The van der Waals surface area contributed by atoms with E-state index in [9.17, 15) is 9.59 Å². The van der Waals surface area contributed by atoms with E-state index >= 15 is 0 Å². The van der Waals surface area contributed by atoms with Crippen LogP contribution < -0.4 is 17.2 Å². The number of nitrogens with two attached hydrogens (primary N) is 3. The Hall–Kier alpha value is -2.18. The largest absolute Gasteiger partial charge is 0.368 e. The van der Waals surface area contributed by atoms with Gasteiger partial charge in [-0.1, -0.05) is 0 Å². The molecule has 6 N–H and O–H groups in total. The third-order valence-corrected chi connectivity index (χ3v) is 1.25. The zero-order chi connectivity index (χ0) is 10.0. The van der Waals surface area contributed by atoms with Gasteiger partial charge in [0, 0.05) is 6.07 Å². The van der Waals surface area contributed by atoms with Gasteiger partial charge in [0.15, 0.2) is 0 Å². The van der Waals surface area contributed by atoms with Crippen LogP contribution in [0.25, 0.3) is 0 Å². The fraction of sp³-hybridized carbons (Fsp3) is 0. The third-order valence-electron chi connectivity index (χ3n) is 1.25. The van der Waals surface area contributed by atoms with Crippen molar-refractivity contribution in [2.24, 2.45) is 11.5 Å². The molecule has 0 spiro atoms. The number of rotatable bonds is 2. The van der Waals surface area contributed by atoms with Crippen LogP contribution in [0, 0.1) is 0 Å². The average molecular weight is 181 g/mol. The molecule has 0 aliphatic rings. The molecule has 0 aliphatic carbocycles. The molecule has 0 atom stereocenters. The number of aromatic nitrogens is 2. The van der Waals surface area contributed by atoms with Gasteiger partial charge < -0.3 is 17.2 Å². The second-order valence-corrected chi connectivity index (χ2v) is 2.23. The molecular weight excluding hydrogens is 174 g/mol. The first-order valence-electron chi connectivity index (χ1n) is 3.25. The number of anilines is 1. The van der Waals surface area contributed by atoms with E-state index in [2.05, 4.69) is 9.97 Å². The van der Waals surface area contributed by atoms with Gasteiger partial charge in [-0.3, -0.25) is 9.59 Å². The summed E-state index contributed by atoms with van der Waals surface area (Å²) in [7, 11) is 0. The van der Waals surface area contributed by atoms with E-state index in [0.717, 1.165) is 6.07 Å². The molecule has 0 saturated heterocycles. The lowest BCUT2D eigenvalue weighted by atomic mass is 10.3. The van der Waals surface area contributed by atoms with Crippen LogP contribution in [-0.4, -0.2) is 21.8 Å². The third kappa shape index (κ3) is 1.89. The highest BCUT2D eigenvalue weighted by molar-refractivity contribution is 5.96. The van der Waals surface area contributed by atoms with Gasteiger partial charge in [-0.15, -0.1) is 0 Å². The molecule has 1 aromatic heterocycles. The summed E-state index contributed by atoms with van der Waals surface area (Å²) >= 11 is 0. The standard InChI is InChI=1S/C6H7N5O2/c7-4(12)2-1-3(5(8)13)11-6(9)10-2/h1H,(H2,7,12)(H2,8,13)(H2,9,10,11). The number of nitrogen functional groups attached to an aromatic ring is 1. The Morgan fingerprint density at radius 3 is 1.77 bits per heavy atom. The first kappa shape index (κ1) is 8.91. The SMILES string of the molecule is NC(=O)c1cc(C(N)=O)nc(N)n1. The summed E-state index contributed by atoms with van der Waals surface area (Å²) in [5, 5.41) is 0. The molecule has 0 saturated carbocycles. The molecule has 1 heterocycles. The highest BCUT2D eigenvalue weighted by Gasteiger charge is 2.10. The number of hydrogen-bond acceptors (Lipinski definition) is 5. The van der Waals surface area contributed by atoms with Gasteiger partial charge in [0.2, 0.25) is 5.95 Å². The molecule has 13 heavy (non-hydrogen) atoms. The normalized spacial score (nSPS) is 9.54. The van der Waals surface area contributed by atoms with Gasteiger partial charge in [-0.25, -0.2) is 9.97 Å². The maximum atomic E-state index is 10.7. The van der Waals surface area contributed by atoms with Gasteiger partial charge in [0.25, 0.3) is 11.8 Å². The molecular formula is C6H7N5O2. The Morgan fingerprint density at radius 1 is 1.08 bits per heavy atom. The minimum absolute atomic E-state index is 0.138. The van der Waals surface area contributed by atoms with Gasteiger partial charge in [0.1, 0.15) is 11.4 Å². The van der Waals surface area contributed by atoms with Crippen molar-refractivity contribution in [2.75, 3.05) is 5.73 Å². The van der Waals surface area contributed by atoms with Crippen molar-refractivity contribution in [3.8, 4) is 0 Å². The van der Waals surface area contributed by atoms with Crippen LogP contribution in [0.4, 0.5) is 5.95 Å². The average Bonchev–Trinajstić information content (AvgIpc) is 2.03. The maximum absolute atomic E-state index is 10.7. The van der Waals surface area contributed by atoms with Crippen molar-refractivity contribution in [2.45, 2.75) is 0 Å². The lowest BCUT2D eigenvalue weighted by Gasteiger charge is -1.99. The van der Waals surface area contributed by atoms with Crippen molar-refractivity contribution in [1.82, 2.24) is 9.97 Å². The first-order valence-corrected chi connectivity index (χ1v) is 3.25. The van der Waals surface area contributed by atoms with Crippen molar-refractivity contribution < 1.29 is 9.59 Å². The molecule has 1 rings (SSSR count). The fourth-order valence-electron chi connectivity index (χ4n) is 0.718. The molecule has 0 radical (unpaired) electrons. The van der Waals surface area contributed by atoms with E-state index in [1.54, 1.807) is 0 Å². The van der Waals surface area contributed by atoms with Crippen LogP contribution in [0.2, 0.25) is 0 Å².